The van der Waals surface area contributed by atoms with Gasteiger partial charge in [-0.25, -0.2) is 4.68 Å². The molecular weight excluding hydrogens is 282 g/mol. The Bertz CT molecular complexity index is 979. The van der Waals surface area contributed by atoms with Gasteiger partial charge in [0.25, 0.3) is 0 Å². The Hall–Kier alpha value is -2.94. The number of rotatable bonds is 4. The summed E-state index contributed by atoms with van der Waals surface area (Å²) in [5, 5.41) is 11.1. The monoisotopic (exact) mass is 299 g/mol. The lowest BCUT2D eigenvalue weighted by molar-refractivity contribution is 0.535. The van der Waals surface area contributed by atoms with E-state index < -0.39 is 0 Å². The summed E-state index contributed by atoms with van der Waals surface area (Å²) in [5.41, 5.74) is 3.25. The maximum atomic E-state index is 4.34. The number of allylic oxidation sites excluding steroid dienone is 1. The molecule has 1 aromatic heterocycles. The van der Waals surface area contributed by atoms with E-state index in [4.69, 9.17) is 0 Å². The molecule has 1 unspecified atom stereocenters. The maximum absolute atomic E-state index is 4.34. The molecule has 0 amide bonds. The van der Waals surface area contributed by atoms with E-state index in [-0.39, 0.29) is 6.04 Å². The van der Waals surface area contributed by atoms with Crippen molar-refractivity contribution < 1.29 is 0 Å². The third-order valence-electron chi connectivity index (χ3n) is 4.27. The standard InChI is InChI=1S/C20H17N3/c1-2-17(23-20-13-6-5-12-19(20)21-22-23)14-16-10-7-9-15-8-3-4-11-18(15)16/h2-13,17H,1,14H2. The van der Waals surface area contributed by atoms with Gasteiger partial charge in [-0.2, -0.15) is 0 Å². The molecule has 0 bridgehead atoms. The van der Waals surface area contributed by atoms with E-state index in [0.29, 0.717) is 0 Å². The SMILES string of the molecule is C=CC(Cc1cccc2ccccc12)n1nnc2ccccc21. The summed E-state index contributed by atoms with van der Waals surface area (Å²) in [6, 6.07) is 23.0. The van der Waals surface area contributed by atoms with E-state index in [1.54, 1.807) is 0 Å². The molecule has 3 heteroatoms. The Balaban J connectivity index is 1.77. The molecule has 0 aliphatic heterocycles. The number of hydrogen-bond acceptors (Lipinski definition) is 2. The number of nitrogens with zero attached hydrogens (tertiary/aromatic N) is 3. The van der Waals surface area contributed by atoms with Crippen LogP contribution in [0, 0.1) is 0 Å². The zero-order valence-corrected chi connectivity index (χ0v) is 12.8. The summed E-state index contributed by atoms with van der Waals surface area (Å²) in [5.74, 6) is 0. The minimum atomic E-state index is 0.0770. The fourth-order valence-electron chi connectivity index (χ4n) is 3.10. The van der Waals surface area contributed by atoms with Gasteiger partial charge in [-0.3, -0.25) is 0 Å². The third kappa shape index (κ3) is 2.40. The Morgan fingerprint density at radius 1 is 0.957 bits per heavy atom. The average Bonchev–Trinajstić information content (AvgIpc) is 3.04. The second kappa shape index (κ2) is 5.69. The zero-order valence-electron chi connectivity index (χ0n) is 12.8. The van der Waals surface area contributed by atoms with Gasteiger partial charge in [-0.05, 0) is 34.9 Å². The quantitative estimate of drug-likeness (QED) is 0.517. The first kappa shape index (κ1) is 13.7. The predicted octanol–water partition coefficient (Wildman–Crippen LogP) is 4.55. The van der Waals surface area contributed by atoms with Crippen molar-refractivity contribution in [3.8, 4) is 0 Å². The summed E-state index contributed by atoms with van der Waals surface area (Å²) >= 11 is 0. The van der Waals surface area contributed by atoms with Crippen LogP contribution in [0.5, 0.6) is 0 Å². The van der Waals surface area contributed by atoms with E-state index in [1.165, 1.54) is 16.3 Å². The fraction of sp³-hybridized carbons (Fsp3) is 0.100. The average molecular weight is 299 g/mol. The smallest absolute Gasteiger partial charge is 0.113 e. The highest BCUT2D eigenvalue weighted by molar-refractivity contribution is 5.85. The highest BCUT2D eigenvalue weighted by Crippen LogP contribution is 2.25. The van der Waals surface area contributed by atoms with E-state index in [0.717, 1.165) is 17.5 Å². The van der Waals surface area contributed by atoms with Crippen LogP contribution in [-0.4, -0.2) is 15.0 Å². The number of fused-ring (bicyclic) bond motifs is 2. The number of benzene rings is 3. The lowest BCUT2D eigenvalue weighted by atomic mass is 9.99. The van der Waals surface area contributed by atoms with Gasteiger partial charge in [-0.15, -0.1) is 11.7 Å². The number of para-hydroxylation sites is 1. The summed E-state index contributed by atoms with van der Waals surface area (Å²) in [7, 11) is 0. The van der Waals surface area contributed by atoms with Crippen molar-refractivity contribution in [2.45, 2.75) is 12.5 Å². The van der Waals surface area contributed by atoms with Crippen molar-refractivity contribution in [2.75, 3.05) is 0 Å². The van der Waals surface area contributed by atoms with Crippen LogP contribution in [-0.2, 0) is 6.42 Å². The molecule has 1 atom stereocenters. The molecule has 0 spiro atoms. The Morgan fingerprint density at radius 3 is 2.65 bits per heavy atom. The normalized spacial score (nSPS) is 12.5. The van der Waals surface area contributed by atoms with Crippen LogP contribution in [0.1, 0.15) is 11.6 Å². The molecular formula is C20H17N3. The van der Waals surface area contributed by atoms with Crippen molar-refractivity contribution in [2.24, 2.45) is 0 Å². The van der Waals surface area contributed by atoms with Gasteiger partial charge in [0.1, 0.15) is 5.52 Å². The topological polar surface area (TPSA) is 30.7 Å². The van der Waals surface area contributed by atoms with Crippen LogP contribution >= 0.6 is 0 Å². The second-order valence-corrected chi connectivity index (χ2v) is 5.67. The molecule has 3 aromatic carbocycles. The molecule has 4 aromatic rings. The maximum Gasteiger partial charge on any atom is 0.113 e. The van der Waals surface area contributed by atoms with Crippen LogP contribution in [0.15, 0.2) is 79.4 Å². The largest absolute Gasteiger partial charge is 0.237 e. The third-order valence-corrected chi connectivity index (χ3v) is 4.27. The summed E-state index contributed by atoms with van der Waals surface area (Å²) in [4.78, 5) is 0. The van der Waals surface area contributed by atoms with Crippen molar-refractivity contribution in [3.05, 3.63) is 84.9 Å². The Kier molecular flexibility index (Phi) is 3.39. The molecule has 0 aliphatic carbocycles. The first-order valence-electron chi connectivity index (χ1n) is 7.76. The highest BCUT2D eigenvalue weighted by atomic mass is 15.4. The van der Waals surface area contributed by atoms with Gasteiger partial charge in [0, 0.05) is 0 Å². The first-order valence-corrected chi connectivity index (χ1v) is 7.76. The molecule has 0 N–H and O–H groups in total. The van der Waals surface area contributed by atoms with Crippen molar-refractivity contribution >= 4 is 21.8 Å². The van der Waals surface area contributed by atoms with Crippen molar-refractivity contribution in [3.63, 3.8) is 0 Å². The van der Waals surface area contributed by atoms with Gasteiger partial charge in [-0.1, -0.05) is 65.9 Å². The molecule has 0 saturated heterocycles. The van der Waals surface area contributed by atoms with Gasteiger partial charge in [0.15, 0.2) is 0 Å². The molecule has 0 saturated carbocycles. The number of aromatic nitrogens is 3. The van der Waals surface area contributed by atoms with Crippen molar-refractivity contribution in [1.29, 1.82) is 0 Å². The first-order chi connectivity index (χ1) is 11.4. The lowest BCUT2D eigenvalue weighted by Crippen LogP contribution is -2.11. The Labute approximate surface area is 134 Å². The predicted molar refractivity (Wildman–Crippen MR) is 94.4 cm³/mol. The number of hydrogen-bond donors (Lipinski definition) is 0. The molecule has 4 rings (SSSR count). The Morgan fingerprint density at radius 2 is 1.74 bits per heavy atom. The molecule has 23 heavy (non-hydrogen) atoms. The van der Waals surface area contributed by atoms with E-state index in [1.807, 2.05) is 29.0 Å². The zero-order chi connectivity index (χ0) is 15.6. The second-order valence-electron chi connectivity index (χ2n) is 5.67. The minimum absolute atomic E-state index is 0.0770. The summed E-state index contributed by atoms with van der Waals surface area (Å²) in [6.07, 6.45) is 2.79. The summed E-state index contributed by atoms with van der Waals surface area (Å²) < 4.78 is 1.96. The van der Waals surface area contributed by atoms with Crippen molar-refractivity contribution in [1.82, 2.24) is 15.0 Å². The van der Waals surface area contributed by atoms with Crippen LogP contribution in [0.4, 0.5) is 0 Å². The van der Waals surface area contributed by atoms with E-state index >= 15 is 0 Å². The molecule has 0 aliphatic rings. The molecule has 3 nitrogen and oxygen atoms in total. The van der Waals surface area contributed by atoms with E-state index in [9.17, 15) is 0 Å². The minimum Gasteiger partial charge on any atom is -0.237 e. The molecule has 112 valence electrons. The van der Waals surface area contributed by atoms with Crippen LogP contribution in [0.25, 0.3) is 21.8 Å². The van der Waals surface area contributed by atoms with Crippen LogP contribution in [0.3, 0.4) is 0 Å². The molecule has 0 radical (unpaired) electrons. The van der Waals surface area contributed by atoms with Gasteiger partial charge in [0.2, 0.25) is 0 Å². The fourth-order valence-corrected chi connectivity index (χ4v) is 3.10. The van der Waals surface area contributed by atoms with Gasteiger partial charge in [0.05, 0.1) is 11.6 Å². The molecule has 0 fully saturated rings. The van der Waals surface area contributed by atoms with Crippen LogP contribution in [0.2, 0.25) is 0 Å². The van der Waals surface area contributed by atoms with Gasteiger partial charge < -0.3 is 0 Å². The van der Waals surface area contributed by atoms with E-state index in [2.05, 4.69) is 65.4 Å². The molecule has 1 heterocycles. The van der Waals surface area contributed by atoms with Gasteiger partial charge >= 0.3 is 0 Å². The lowest BCUT2D eigenvalue weighted by Gasteiger charge is -2.15. The summed E-state index contributed by atoms with van der Waals surface area (Å²) in [6.45, 7) is 4.01. The van der Waals surface area contributed by atoms with Crippen LogP contribution < -0.4 is 0 Å². The highest BCUT2D eigenvalue weighted by Gasteiger charge is 2.14.